The Hall–Kier alpha value is -1.23. The van der Waals surface area contributed by atoms with Gasteiger partial charge in [0.1, 0.15) is 5.82 Å². The van der Waals surface area contributed by atoms with Crippen LogP contribution in [0.5, 0.6) is 0 Å². The van der Waals surface area contributed by atoms with Crippen molar-refractivity contribution in [3.05, 3.63) is 17.8 Å². The number of aryl methyl sites for hydroxylation is 1. The Kier molecular flexibility index (Phi) is 1.77. The van der Waals surface area contributed by atoms with Gasteiger partial charge in [-0.15, -0.1) is 0 Å². The van der Waals surface area contributed by atoms with Gasteiger partial charge in [-0.25, -0.2) is 20.2 Å². The lowest BCUT2D eigenvalue weighted by molar-refractivity contribution is 0.615. The SMILES string of the molecule is Cc1ncc(F)c(NN)n1. The van der Waals surface area contributed by atoms with Crippen LogP contribution >= 0.6 is 0 Å². The summed E-state index contributed by atoms with van der Waals surface area (Å²) in [6, 6.07) is 0. The number of nitrogens with two attached hydrogens (primary N) is 1. The van der Waals surface area contributed by atoms with Gasteiger partial charge in [-0.2, -0.15) is 0 Å². The van der Waals surface area contributed by atoms with Gasteiger partial charge >= 0.3 is 0 Å². The third-order valence-corrected chi connectivity index (χ3v) is 1.00. The van der Waals surface area contributed by atoms with Crippen molar-refractivity contribution in [1.29, 1.82) is 0 Å². The number of hydrazine groups is 1. The highest BCUT2D eigenvalue weighted by Gasteiger charge is 2.00. The van der Waals surface area contributed by atoms with Crippen LogP contribution in [-0.2, 0) is 0 Å². The molecule has 0 amide bonds. The van der Waals surface area contributed by atoms with Crippen LogP contribution < -0.4 is 11.3 Å². The van der Waals surface area contributed by atoms with E-state index >= 15 is 0 Å². The third-order valence-electron chi connectivity index (χ3n) is 1.00. The van der Waals surface area contributed by atoms with Gasteiger partial charge < -0.3 is 5.43 Å². The van der Waals surface area contributed by atoms with Gasteiger partial charge in [-0.05, 0) is 6.92 Å². The van der Waals surface area contributed by atoms with Crippen molar-refractivity contribution in [2.45, 2.75) is 6.92 Å². The fourth-order valence-corrected chi connectivity index (χ4v) is 0.557. The first kappa shape index (κ1) is 6.88. The van der Waals surface area contributed by atoms with E-state index in [2.05, 4.69) is 15.4 Å². The molecule has 1 aromatic rings. The first-order valence-electron chi connectivity index (χ1n) is 2.70. The molecule has 0 aliphatic carbocycles. The largest absolute Gasteiger partial charge is 0.306 e. The van der Waals surface area contributed by atoms with Crippen molar-refractivity contribution in [3.63, 3.8) is 0 Å². The lowest BCUT2D eigenvalue weighted by Crippen LogP contribution is -2.11. The Morgan fingerprint density at radius 2 is 2.40 bits per heavy atom. The number of halogens is 1. The molecule has 0 fully saturated rings. The fraction of sp³-hybridized carbons (Fsp3) is 0.200. The molecule has 0 spiro atoms. The molecule has 1 heterocycles. The monoisotopic (exact) mass is 142 g/mol. The molecule has 4 nitrogen and oxygen atoms in total. The van der Waals surface area contributed by atoms with Crippen LogP contribution in [0.1, 0.15) is 5.82 Å². The molecule has 10 heavy (non-hydrogen) atoms. The standard InChI is InChI=1S/C5H7FN4/c1-3-8-2-4(6)5(9-3)10-7/h2H,7H2,1H3,(H,8,9,10). The maximum atomic E-state index is 12.5. The maximum Gasteiger partial charge on any atom is 0.185 e. The van der Waals surface area contributed by atoms with Crippen molar-refractivity contribution in [2.24, 2.45) is 5.84 Å². The van der Waals surface area contributed by atoms with E-state index < -0.39 is 5.82 Å². The summed E-state index contributed by atoms with van der Waals surface area (Å²) in [6.07, 6.45) is 1.07. The molecule has 0 bridgehead atoms. The van der Waals surface area contributed by atoms with Gasteiger partial charge in [-0.3, -0.25) is 0 Å². The zero-order chi connectivity index (χ0) is 7.56. The minimum absolute atomic E-state index is 0.0208. The Morgan fingerprint density at radius 1 is 1.70 bits per heavy atom. The average Bonchev–Trinajstić information content (AvgIpc) is 1.94. The molecule has 54 valence electrons. The Bertz CT molecular complexity index is 237. The summed E-state index contributed by atoms with van der Waals surface area (Å²) in [5.41, 5.74) is 2.11. The number of nitrogens with one attached hydrogen (secondary N) is 1. The Labute approximate surface area is 57.3 Å². The maximum absolute atomic E-state index is 12.5. The molecule has 0 aliphatic heterocycles. The molecule has 0 saturated heterocycles. The van der Waals surface area contributed by atoms with E-state index in [9.17, 15) is 4.39 Å². The van der Waals surface area contributed by atoms with E-state index in [1.807, 2.05) is 0 Å². The summed E-state index contributed by atoms with van der Waals surface area (Å²) in [7, 11) is 0. The fourth-order valence-electron chi connectivity index (χ4n) is 0.557. The van der Waals surface area contributed by atoms with Gasteiger partial charge in [-0.1, -0.05) is 0 Å². The van der Waals surface area contributed by atoms with Crippen molar-refractivity contribution < 1.29 is 4.39 Å². The predicted molar refractivity (Wildman–Crippen MR) is 34.5 cm³/mol. The summed E-state index contributed by atoms with van der Waals surface area (Å²) < 4.78 is 12.5. The molecule has 0 unspecified atom stereocenters. The van der Waals surface area contributed by atoms with E-state index in [0.717, 1.165) is 6.20 Å². The van der Waals surface area contributed by atoms with Crippen molar-refractivity contribution in [1.82, 2.24) is 9.97 Å². The summed E-state index contributed by atoms with van der Waals surface area (Å²) in [4.78, 5) is 7.27. The van der Waals surface area contributed by atoms with Crippen LogP contribution in [-0.4, -0.2) is 9.97 Å². The first-order valence-corrected chi connectivity index (χ1v) is 2.70. The van der Waals surface area contributed by atoms with Gasteiger partial charge in [0.2, 0.25) is 0 Å². The van der Waals surface area contributed by atoms with Crippen LogP contribution in [0.3, 0.4) is 0 Å². The van der Waals surface area contributed by atoms with E-state index in [-0.39, 0.29) is 5.82 Å². The van der Waals surface area contributed by atoms with Gasteiger partial charge in [0.15, 0.2) is 11.6 Å². The second-order valence-corrected chi connectivity index (χ2v) is 1.76. The van der Waals surface area contributed by atoms with Crippen LogP contribution in [0.25, 0.3) is 0 Å². The lowest BCUT2D eigenvalue weighted by atomic mass is 10.5. The minimum Gasteiger partial charge on any atom is -0.306 e. The highest BCUT2D eigenvalue weighted by Crippen LogP contribution is 2.05. The molecular formula is C5H7FN4. The number of rotatable bonds is 1. The van der Waals surface area contributed by atoms with Crippen LogP contribution in [0.2, 0.25) is 0 Å². The predicted octanol–water partition coefficient (Wildman–Crippen LogP) is 0.210. The molecule has 1 rings (SSSR count). The Balaban J connectivity index is 3.09. The molecule has 0 radical (unpaired) electrons. The normalized spacial score (nSPS) is 9.50. The van der Waals surface area contributed by atoms with E-state index in [1.54, 1.807) is 6.92 Å². The van der Waals surface area contributed by atoms with E-state index in [4.69, 9.17) is 5.84 Å². The minimum atomic E-state index is -0.548. The molecule has 0 aromatic carbocycles. The quantitative estimate of drug-likeness (QED) is 0.434. The van der Waals surface area contributed by atoms with Gasteiger partial charge in [0, 0.05) is 0 Å². The zero-order valence-corrected chi connectivity index (χ0v) is 5.43. The number of hydrogen-bond donors (Lipinski definition) is 2. The Morgan fingerprint density at radius 3 is 2.90 bits per heavy atom. The zero-order valence-electron chi connectivity index (χ0n) is 5.43. The average molecular weight is 142 g/mol. The topological polar surface area (TPSA) is 63.8 Å². The molecule has 0 saturated carbocycles. The summed E-state index contributed by atoms with van der Waals surface area (Å²) in [6.45, 7) is 1.65. The second kappa shape index (κ2) is 2.57. The highest BCUT2D eigenvalue weighted by atomic mass is 19.1. The van der Waals surface area contributed by atoms with Gasteiger partial charge in [0.25, 0.3) is 0 Å². The molecule has 5 heteroatoms. The van der Waals surface area contributed by atoms with Crippen LogP contribution in [0.4, 0.5) is 10.2 Å². The number of hydrogen-bond acceptors (Lipinski definition) is 4. The summed E-state index contributed by atoms with van der Waals surface area (Å²) in [5.74, 6) is 4.89. The van der Waals surface area contributed by atoms with Crippen LogP contribution in [0.15, 0.2) is 6.20 Å². The molecule has 1 aromatic heterocycles. The van der Waals surface area contributed by atoms with E-state index in [0.29, 0.717) is 5.82 Å². The van der Waals surface area contributed by atoms with Crippen molar-refractivity contribution in [3.8, 4) is 0 Å². The summed E-state index contributed by atoms with van der Waals surface area (Å²) >= 11 is 0. The number of nitrogens with zero attached hydrogens (tertiary/aromatic N) is 2. The molecular weight excluding hydrogens is 135 g/mol. The second-order valence-electron chi connectivity index (χ2n) is 1.76. The first-order chi connectivity index (χ1) is 4.74. The van der Waals surface area contributed by atoms with Crippen LogP contribution in [0, 0.1) is 12.7 Å². The van der Waals surface area contributed by atoms with Crippen molar-refractivity contribution >= 4 is 5.82 Å². The third kappa shape index (κ3) is 1.19. The smallest absolute Gasteiger partial charge is 0.185 e. The van der Waals surface area contributed by atoms with Gasteiger partial charge in [0.05, 0.1) is 6.20 Å². The molecule has 3 N–H and O–H groups in total. The number of nitrogen functional groups attached to an aromatic ring is 1. The molecule has 0 atom stereocenters. The number of anilines is 1. The summed E-state index contributed by atoms with van der Waals surface area (Å²) in [5, 5.41) is 0. The highest BCUT2D eigenvalue weighted by molar-refractivity contribution is 5.32. The number of aromatic nitrogens is 2. The molecule has 0 aliphatic rings. The van der Waals surface area contributed by atoms with Crippen molar-refractivity contribution in [2.75, 3.05) is 5.43 Å². The lowest BCUT2D eigenvalue weighted by Gasteiger charge is -1.99. The van der Waals surface area contributed by atoms with E-state index in [1.165, 1.54) is 0 Å².